The van der Waals surface area contributed by atoms with Gasteiger partial charge in [0.15, 0.2) is 16.4 Å². The van der Waals surface area contributed by atoms with Gasteiger partial charge in [0.2, 0.25) is 0 Å². The van der Waals surface area contributed by atoms with Crippen LogP contribution in [-0.2, 0) is 24.2 Å². The molecule has 0 aliphatic heterocycles. The lowest BCUT2D eigenvalue weighted by atomic mass is 10.2. The number of rotatable bonds is 9. The largest absolute Gasteiger partial charge is 0.494 e. The van der Waals surface area contributed by atoms with E-state index in [0.29, 0.717) is 18.7 Å². The van der Waals surface area contributed by atoms with E-state index in [4.69, 9.17) is 9.47 Å². The number of carbonyl (C=O) groups excluding carboxylic acids is 2. The number of sulfone groups is 1. The second kappa shape index (κ2) is 9.89. The molecular formula is C20H23NO6S. The second-order valence-electron chi connectivity index (χ2n) is 6.28. The summed E-state index contributed by atoms with van der Waals surface area (Å²) in [5, 5.41) is 2.50. The molecule has 0 radical (unpaired) electrons. The van der Waals surface area contributed by atoms with E-state index in [2.05, 4.69) is 5.32 Å². The number of amides is 1. The van der Waals surface area contributed by atoms with Gasteiger partial charge >= 0.3 is 5.97 Å². The quantitative estimate of drug-likeness (QED) is 0.509. The van der Waals surface area contributed by atoms with Crippen molar-refractivity contribution in [2.45, 2.75) is 24.7 Å². The molecule has 0 aliphatic rings. The zero-order valence-corrected chi connectivity index (χ0v) is 16.6. The van der Waals surface area contributed by atoms with Crippen molar-refractivity contribution in [1.82, 2.24) is 0 Å². The van der Waals surface area contributed by atoms with Crippen LogP contribution in [0.4, 0.5) is 5.69 Å². The van der Waals surface area contributed by atoms with Crippen molar-refractivity contribution in [3.8, 4) is 5.75 Å². The molecule has 2 rings (SSSR count). The van der Waals surface area contributed by atoms with Crippen LogP contribution in [0, 0.1) is 6.92 Å². The molecule has 2 aromatic rings. The van der Waals surface area contributed by atoms with Gasteiger partial charge in [0.05, 0.1) is 11.5 Å². The zero-order chi connectivity index (χ0) is 20.6. The smallest absolute Gasteiger partial charge is 0.306 e. The molecule has 0 saturated carbocycles. The van der Waals surface area contributed by atoms with E-state index < -0.39 is 28.3 Å². The predicted octanol–water partition coefficient (Wildman–Crippen LogP) is 2.74. The fraction of sp³-hybridized carbons (Fsp3) is 0.300. The first-order valence-corrected chi connectivity index (χ1v) is 10.6. The number of anilines is 1. The number of carbonyl (C=O) groups is 2. The first-order valence-electron chi connectivity index (χ1n) is 8.69. The van der Waals surface area contributed by atoms with E-state index >= 15 is 0 Å². The highest BCUT2D eigenvalue weighted by Gasteiger charge is 2.11. The minimum absolute atomic E-state index is 0.0934. The van der Waals surface area contributed by atoms with E-state index in [0.717, 1.165) is 17.6 Å². The van der Waals surface area contributed by atoms with Gasteiger partial charge in [-0.25, -0.2) is 8.42 Å². The van der Waals surface area contributed by atoms with Gasteiger partial charge in [-0.05, 0) is 49.2 Å². The molecule has 0 saturated heterocycles. The van der Waals surface area contributed by atoms with Crippen molar-refractivity contribution < 1.29 is 27.5 Å². The van der Waals surface area contributed by atoms with Crippen LogP contribution < -0.4 is 10.1 Å². The van der Waals surface area contributed by atoms with Crippen molar-refractivity contribution in [3.05, 3.63) is 54.1 Å². The number of aryl methyl sites for hydroxylation is 1. The Morgan fingerprint density at radius 1 is 1.07 bits per heavy atom. The fourth-order valence-corrected chi connectivity index (χ4v) is 3.00. The van der Waals surface area contributed by atoms with E-state index in [1.54, 1.807) is 6.07 Å². The maximum absolute atomic E-state index is 11.9. The van der Waals surface area contributed by atoms with Gasteiger partial charge in [0.1, 0.15) is 5.75 Å². The van der Waals surface area contributed by atoms with Gasteiger partial charge in [-0.2, -0.15) is 0 Å². The minimum Gasteiger partial charge on any atom is -0.494 e. The number of benzene rings is 2. The Kier molecular flexibility index (Phi) is 7.57. The molecule has 1 N–H and O–H groups in total. The van der Waals surface area contributed by atoms with Gasteiger partial charge in [-0.3, -0.25) is 9.59 Å². The Labute approximate surface area is 164 Å². The summed E-state index contributed by atoms with van der Waals surface area (Å²) in [5.41, 5.74) is 1.40. The Bertz CT molecular complexity index is 939. The summed E-state index contributed by atoms with van der Waals surface area (Å²) in [7, 11) is -3.37. The van der Waals surface area contributed by atoms with Gasteiger partial charge in [-0.15, -0.1) is 0 Å². The first kappa shape index (κ1) is 21.4. The Hall–Kier alpha value is -2.87. The molecule has 0 unspecified atom stereocenters. The number of esters is 1. The molecule has 1 amide bonds. The third kappa shape index (κ3) is 7.40. The maximum atomic E-state index is 11.9. The number of nitrogens with one attached hydrogen (secondary N) is 1. The SMILES string of the molecule is Cc1cccc(OCCCC(=O)OCC(=O)Nc2cccc(S(C)(=O)=O)c2)c1. The van der Waals surface area contributed by atoms with Gasteiger partial charge in [0.25, 0.3) is 5.91 Å². The molecule has 0 aromatic heterocycles. The summed E-state index contributed by atoms with van der Waals surface area (Å²) in [6.45, 7) is 1.89. The van der Waals surface area contributed by atoms with E-state index in [9.17, 15) is 18.0 Å². The highest BCUT2D eigenvalue weighted by atomic mass is 32.2. The molecular weight excluding hydrogens is 382 g/mol. The molecule has 0 bridgehead atoms. The van der Waals surface area contributed by atoms with Crippen LogP contribution in [0.25, 0.3) is 0 Å². The normalized spacial score (nSPS) is 10.9. The lowest BCUT2D eigenvalue weighted by molar-refractivity contribution is -0.147. The van der Waals surface area contributed by atoms with Crippen LogP contribution >= 0.6 is 0 Å². The number of ether oxygens (including phenoxy) is 2. The summed E-state index contributed by atoms with van der Waals surface area (Å²) in [6, 6.07) is 13.5. The summed E-state index contributed by atoms with van der Waals surface area (Å²) >= 11 is 0. The Balaban J connectivity index is 1.69. The second-order valence-corrected chi connectivity index (χ2v) is 8.29. The van der Waals surface area contributed by atoms with E-state index in [1.807, 2.05) is 31.2 Å². The fourth-order valence-electron chi connectivity index (χ4n) is 2.33. The van der Waals surface area contributed by atoms with Crippen LogP contribution in [0.5, 0.6) is 5.75 Å². The summed E-state index contributed by atoms with van der Waals surface area (Å²) in [5.74, 6) is -0.313. The van der Waals surface area contributed by atoms with Crippen molar-refractivity contribution in [1.29, 1.82) is 0 Å². The van der Waals surface area contributed by atoms with E-state index in [-0.39, 0.29) is 11.3 Å². The average molecular weight is 405 g/mol. The molecule has 2 aromatic carbocycles. The monoisotopic (exact) mass is 405 g/mol. The standard InChI is InChI=1S/C20H23NO6S/c1-15-6-3-8-17(12-15)26-11-5-10-20(23)27-14-19(22)21-16-7-4-9-18(13-16)28(2,24)25/h3-4,6-9,12-13H,5,10-11,14H2,1-2H3,(H,21,22). The van der Waals surface area contributed by atoms with Crippen LogP contribution in [0.2, 0.25) is 0 Å². The molecule has 7 nitrogen and oxygen atoms in total. The zero-order valence-electron chi connectivity index (χ0n) is 15.8. The molecule has 0 heterocycles. The summed E-state index contributed by atoms with van der Waals surface area (Å²) in [4.78, 5) is 23.7. The van der Waals surface area contributed by atoms with Crippen LogP contribution in [-0.4, -0.2) is 39.8 Å². The van der Waals surface area contributed by atoms with Crippen molar-refractivity contribution in [3.63, 3.8) is 0 Å². The van der Waals surface area contributed by atoms with E-state index in [1.165, 1.54) is 18.2 Å². The first-order chi connectivity index (χ1) is 13.2. The third-order valence-electron chi connectivity index (χ3n) is 3.69. The summed E-state index contributed by atoms with van der Waals surface area (Å²) in [6.07, 6.45) is 1.67. The topological polar surface area (TPSA) is 98.8 Å². The van der Waals surface area contributed by atoms with Crippen LogP contribution in [0.1, 0.15) is 18.4 Å². The predicted molar refractivity (Wildman–Crippen MR) is 105 cm³/mol. The summed E-state index contributed by atoms with van der Waals surface area (Å²) < 4.78 is 33.5. The molecule has 0 atom stereocenters. The van der Waals surface area contributed by atoms with Gasteiger partial charge in [0, 0.05) is 18.4 Å². The Morgan fingerprint density at radius 3 is 2.54 bits per heavy atom. The molecule has 0 aliphatic carbocycles. The molecule has 150 valence electrons. The molecule has 8 heteroatoms. The highest BCUT2D eigenvalue weighted by molar-refractivity contribution is 7.90. The Morgan fingerprint density at radius 2 is 1.82 bits per heavy atom. The van der Waals surface area contributed by atoms with Crippen molar-refractivity contribution >= 4 is 27.4 Å². The van der Waals surface area contributed by atoms with Crippen LogP contribution in [0.3, 0.4) is 0 Å². The minimum atomic E-state index is -3.37. The third-order valence-corrected chi connectivity index (χ3v) is 4.80. The lowest BCUT2D eigenvalue weighted by Crippen LogP contribution is -2.21. The molecule has 0 fully saturated rings. The average Bonchev–Trinajstić information content (AvgIpc) is 2.63. The highest BCUT2D eigenvalue weighted by Crippen LogP contribution is 2.15. The number of hydrogen-bond donors (Lipinski definition) is 1. The van der Waals surface area contributed by atoms with Crippen molar-refractivity contribution in [2.24, 2.45) is 0 Å². The van der Waals surface area contributed by atoms with Gasteiger partial charge in [-0.1, -0.05) is 18.2 Å². The maximum Gasteiger partial charge on any atom is 0.306 e. The lowest BCUT2D eigenvalue weighted by Gasteiger charge is -2.08. The van der Waals surface area contributed by atoms with Gasteiger partial charge < -0.3 is 14.8 Å². The number of hydrogen-bond acceptors (Lipinski definition) is 6. The molecule has 0 spiro atoms. The van der Waals surface area contributed by atoms with Crippen molar-refractivity contribution in [2.75, 3.05) is 24.8 Å². The molecule has 28 heavy (non-hydrogen) atoms. The van der Waals surface area contributed by atoms with Crippen LogP contribution in [0.15, 0.2) is 53.4 Å².